The second kappa shape index (κ2) is 7.51. The zero-order chi connectivity index (χ0) is 14.2. The fourth-order valence-corrected chi connectivity index (χ4v) is 1.96. The zero-order valence-electron chi connectivity index (χ0n) is 11.6. The molecule has 0 aliphatic heterocycles. The summed E-state index contributed by atoms with van der Waals surface area (Å²) in [6, 6.07) is 10.8. The van der Waals surface area contributed by atoms with Gasteiger partial charge in [-0.15, -0.1) is 0 Å². The summed E-state index contributed by atoms with van der Waals surface area (Å²) in [5.74, 6) is 0. The van der Waals surface area contributed by atoms with Crippen LogP contribution in [-0.2, 0) is 10.1 Å². The lowest BCUT2D eigenvalue weighted by atomic mass is 10.2. The van der Waals surface area contributed by atoms with Crippen LogP contribution in [0, 0.1) is 0 Å². The summed E-state index contributed by atoms with van der Waals surface area (Å²) in [6.45, 7) is 10.3. The Balaban J connectivity index is 0.000000494. The molecule has 104 valence electrons. The fourth-order valence-electron chi connectivity index (χ4n) is 1.96. The summed E-state index contributed by atoms with van der Waals surface area (Å²) >= 11 is 0. The highest BCUT2D eigenvalue weighted by Gasteiger charge is 2.23. The van der Waals surface area contributed by atoms with Crippen molar-refractivity contribution in [3.8, 4) is 0 Å². The van der Waals surface area contributed by atoms with Crippen LogP contribution in [-0.4, -0.2) is 38.9 Å². The van der Waals surface area contributed by atoms with Gasteiger partial charge in [0.25, 0.3) is 0 Å². The Morgan fingerprint density at radius 1 is 1.00 bits per heavy atom. The molecule has 4 nitrogen and oxygen atoms in total. The van der Waals surface area contributed by atoms with Crippen LogP contribution in [0.15, 0.2) is 30.3 Å². The van der Waals surface area contributed by atoms with Crippen molar-refractivity contribution in [3.63, 3.8) is 0 Å². The van der Waals surface area contributed by atoms with Crippen molar-refractivity contribution in [3.05, 3.63) is 30.3 Å². The first kappa shape index (κ1) is 17.1. The summed E-state index contributed by atoms with van der Waals surface area (Å²) in [5, 5.41) is 0. The van der Waals surface area contributed by atoms with Gasteiger partial charge in [0.05, 0.1) is 29.8 Å². The third-order valence-electron chi connectivity index (χ3n) is 3.12. The van der Waals surface area contributed by atoms with Crippen molar-refractivity contribution < 1.29 is 13.0 Å². The molecule has 0 fully saturated rings. The molecule has 0 aliphatic rings. The van der Waals surface area contributed by atoms with Gasteiger partial charge in [0.15, 0.2) is 0 Å². The lowest BCUT2D eigenvalue weighted by Gasteiger charge is -2.35. The van der Waals surface area contributed by atoms with Crippen molar-refractivity contribution in [1.82, 2.24) is 4.48 Å². The van der Waals surface area contributed by atoms with Crippen molar-refractivity contribution in [2.45, 2.75) is 20.8 Å². The molecular formula is C13H23NO3S. The molecular weight excluding hydrogens is 250 g/mol. The Morgan fingerprint density at radius 3 is 1.61 bits per heavy atom. The van der Waals surface area contributed by atoms with E-state index < -0.39 is 10.1 Å². The molecule has 0 heterocycles. The summed E-state index contributed by atoms with van der Waals surface area (Å²) < 4.78 is 28.3. The van der Waals surface area contributed by atoms with E-state index in [9.17, 15) is 0 Å². The van der Waals surface area contributed by atoms with E-state index in [1.165, 1.54) is 25.3 Å². The molecule has 0 N–H and O–H groups in total. The first-order chi connectivity index (χ1) is 8.29. The molecule has 0 atom stereocenters. The SMILES string of the molecule is CC[N+](CC)(CC)c1ccccc1.CS(=O)(=O)[O-]. The number of rotatable bonds is 4. The van der Waals surface area contributed by atoms with Gasteiger partial charge in [0.1, 0.15) is 5.69 Å². The van der Waals surface area contributed by atoms with Crippen LogP contribution in [0.4, 0.5) is 5.69 Å². The number of nitrogens with zero attached hydrogens (tertiary/aromatic N) is 1. The van der Waals surface area contributed by atoms with Gasteiger partial charge in [0.2, 0.25) is 0 Å². The van der Waals surface area contributed by atoms with E-state index in [1.807, 2.05) is 0 Å². The van der Waals surface area contributed by atoms with Gasteiger partial charge in [0, 0.05) is 6.26 Å². The smallest absolute Gasteiger partial charge is 0.132 e. The third kappa shape index (κ3) is 6.14. The fraction of sp³-hybridized carbons (Fsp3) is 0.538. The Hall–Kier alpha value is -0.910. The molecule has 0 spiro atoms. The van der Waals surface area contributed by atoms with E-state index in [0.29, 0.717) is 6.26 Å². The molecule has 1 aromatic rings. The van der Waals surface area contributed by atoms with E-state index >= 15 is 0 Å². The normalized spacial score (nSPS) is 11.6. The maximum Gasteiger partial charge on any atom is 0.132 e. The van der Waals surface area contributed by atoms with Gasteiger partial charge in [-0.3, -0.25) is 4.48 Å². The van der Waals surface area contributed by atoms with E-state index in [4.69, 9.17) is 13.0 Å². The van der Waals surface area contributed by atoms with Gasteiger partial charge < -0.3 is 4.55 Å². The number of para-hydroxylation sites is 1. The van der Waals surface area contributed by atoms with Crippen LogP contribution in [0.25, 0.3) is 0 Å². The molecule has 1 rings (SSSR count). The molecule has 5 heteroatoms. The molecule has 0 saturated heterocycles. The topological polar surface area (TPSA) is 57.2 Å². The molecule has 18 heavy (non-hydrogen) atoms. The first-order valence-electron chi connectivity index (χ1n) is 6.11. The number of quaternary nitrogens is 1. The monoisotopic (exact) mass is 273 g/mol. The largest absolute Gasteiger partial charge is 0.748 e. The molecule has 0 radical (unpaired) electrons. The highest BCUT2D eigenvalue weighted by Crippen LogP contribution is 2.21. The van der Waals surface area contributed by atoms with Gasteiger partial charge in [-0.2, -0.15) is 0 Å². The second-order valence-electron chi connectivity index (χ2n) is 4.13. The predicted molar refractivity (Wildman–Crippen MR) is 75.5 cm³/mol. The number of hydrogen-bond acceptors (Lipinski definition) is 3. The summed E-state index contributed by atoms with van der Waals surface area (Å²) in [5.41, 5.74) is 1.44. The van der Waals surface area contributed by atoms with E-state index in [2.05, 4.69) is 51.1 Å². The Labute approximate surface area is 111 Å². The van der Waals surface area contributed by atoms with Gasteiger partial charge in [-0.25, -0.2) is 8.42 Å². The molecule has 0 amide bonds. The lowest BCUT2D eigenvalue weighted by Crippen LogP contribution is -2.48. The average molecular weight is 273 g/mol. The highest BCUT2D eigenvalue weighted by atomic mass is 32.2. The van der Waals surface area contributed by atoms with Gasteiger partial charge in [-0.05, 0) is 32.9 Å². The zero-order valence-corrected chi connectivity index (χ0v) is 12.4. The Bertz CT molecular complexity index is 409. The summed E-state index contributed by atoms with van der Waals surface area (Å²) in [6.07, 6.45) is 0.604. The first-order valence-corrected chi connectivity index (χ1v) is 7.93. The van der Waals surface area contributed by atoms with Crippen LogP contribution in [0.1, 0.15) is 20.8 Å². The van der Waals surface area contributed by atoms with Crippen molar-refractivity contribution in [2.24, 2.45) is 0 Å². The minimum absolute atomic E-state index is 0.604. The minimum atomic E-state index is -3.92. The minimum Gasteiger partial charge on any atom is -0.748 e. The maximum atomic E-state index is 9.08. The number of hydrogen-bond donors (Lipinski definition) is 0. The van der Waals surface area contributed by atoms with Crippen molar-refractivity contribution in [1.29, 1.82) is 0 Å². The Morgan fingerprint density at radius 2 is 1.33 bits per heavy atom. The second-order valence-corrected chi connectivity index (χ2v) is 5.54. The van der Waals surface area contributed by atoms with Crippen molar-refractivity contribution >= 4 is 15.8 Å². The molecule has 0 saturated carbocycles. The van der Waals surface area contributed by atoms with Gasteiger partial charge in [-0.1, -0.05) is 18.2 Å². The summed E-state index contributed by atoms with van der Waals surface area (Å²) in [7, 11) is -3.92. The predicted octanol–water partition coefficient (Wildman–Crippen LogP) is 2.21. The molecule has 0 bridgehead atoms. The lowest BCUT2D eigenvalue weighted by molar-refractivity contribution is 0.316. The standard InChI is InChI=1S/C12H20N.CH4O3S/c1-4-13(5-2,6-3)12-10-8-7-9-11-12;1-5(2,3)4/h7-11H,4-6H2,1-3H3;1H3,(H,2,3,4)/q+1;/p-1. The van der Waals surface area contributed by atoms with E-state index in [-0.39, 0.29) is 0 Å². The highest BCUT2D eigenvalue weighted by molar-refractivity contribution is 7.84. The number of benzene rings is 1. The van der Waals surface area contributed by atoms with Crippen LogP contribution in [0.3, 0.4) is 0 Å². The maximum absolute atomic E-state index is 9.08. The van der Waals surface area contributed by atoms with Crippen LogP contribution in [0.5, 0.6) is 0 Å². The van der Waals surface area contributed by atoms with Crippen molar-refractivity contribution in [2.75, 3.05) is 25.9 Å². The molecule has 0 aliphatic carbocycles. The van der Waals surface area contributed by atoms with E-state index in [1.54, 1.807) is 0 Å². The van der Waals surface area contributed by atoms with Crippen LogP contribution in [0.2, 0.25) is 0 Å². The average Bonchev–Trinajstić information content (AvgIpc) is 2.31. The molecule has 1 aromatic carbocycles. The molecule has 0 aromatic heterocycles. The third-order valence-corrected chi connectivity index (χ3v) is 3.12. The van der Waals surface area contributed by atoms with E-state index in [0.717, 1.165) is 4.48 Å². The Kier molecular flexibility index (Phi) is 7.13. The van der Waals surface area contributed by atoms with Gasteiger partial charge >= 0.3 is 0 Å². The quantitative estimate of drug-likeness (QED) is 0.624. The van der Waals surface area contributed by atoms with Crippen LogP contribution < -0.4 is 4.48 Å². The van der Waals surface area contributed by atoms with Crippen LogP contribution >= 0.6 is 0 Å². The molecule has 0 unspecified atom stereocenters. The summed E-state index contributed by atoms with van der Waals surface area (Å²) in [4.78, 5) is 0.